The number of benzene rings is 2. The van der Waals surface area contributed by atoms with E-state index in [2.05, 4.69) is 62.4 Å². The van der Waals surface area contributed by atoms with E-state index in [0.29, 0.717) is 6.61 Å². The number of allylic oxidation sites excluding steroid dienone is 1. The van der Waals surface area contributed by atoms with Gasteiger partial charge in [0.2, 0.25) is 0 Å². The summed E-state index contributed by atoms with van der Waals surface area (Å²) in [5.41, 5.74) is 3.70. The van der Waals surface area contributed by atoms with Crippen molar-refractivity contribution in [2.45, 2.75) is 33.3 Å². The maximum Gasteiger partial charge on any atom is 0.119 e. The van der Waals surface area contributed by atoms with Crippen LogP contribution in [0.1, 0.15) is 36.5 Å². The lowest BCUT2D eigenvalue weighted by Gasteiger charge is -2.07. The maximum atomic E-state index is 5.79. The summed E-state index contributed by atoms with van der Waals surface area (Å²) in [6.45, 7) is 4.90. The summed E-state index contributed by atoms with van der Waals surface area (Å²) in [5, 5.41) is 0. The van der Waals surface area contributed by atoms with Crippen LogP contribution in [-0.4, -0.2) is 0 Å². The van der Waals surface area contributed by atoms with Gasteiger partial charge in [0.25, 0.3) is 0 Å². The standard InChI is InChI=1S/C19H22O/c1-3-4-5-6-17-11-13-19(14-12-17)20-15-18-9-7-16(2)8-10-18/h5-14H,3-4,15H2,1-2H3. The molecule has 0 saturated heterocycles. The van der Waals surface area contributed by atoms with Crippen molar-refractivity contribution in [3.05, 3.63) is 71.3 Å². The fourth-order valence-corrected chi connectivity index (χ4v) is 1.91. The predicted octanol–water partition coefficient (Wildman–Crippen LogP) is 5.39. The molecule has 0 aromatic heterocycles. The van der Waals surface area contributed by atoms with Crippen molar-refractivity contribution in [3.63, 3.8) is 0 Å². The molecule has 0 bridgehead atoms. The van der Waals surface area contributed by atoms with Crippen molar-refractivity contribution in [1.29, 1.82) is 0 Å². The smallest absolute Gasteiger partial charge is 0.119 e. The molecule has 0 aliphatic rings. The minimum Gasteiger partial charge on any atom is -0.489 e. The Morgan fingerprint density at radius 1 is 0.950 bits per heavy atom. The van der Waals surface area contributed by atoms with Crippen LogP contribution < -0.4 is 4.74 Å². The van der Waals surface area contributed by atoms with Crippen molar-refractivity contribution < 1.29 is 4.74 Å². The Hall–Kier alpha value is -2.02. The molecule has 0 aliphatic carbocycles. The molecule has 0 amide bonds. The molecule has 0 radical (unpaired) electrons. The quantitative estimate of drug-likeness (QED) is 0.681. The summed E-state index contributed by atoms with van der Waals surface area (Å²) in [6, 6.07) is 16.7. The molecule has 1 nitrogen and oxygen atoms in total. The number of hydrogen-bond acceptors (Lipinski definition) is 1. The highest BCUT2D eigenvalue weighted by molar-refractivity contribution is 5.50. The lowest BCUT2D eigenvalue weighted by atomic mass is 10.1. The second-order valence-corrected chi connectivity index (χ2v) is 5.03. The third-order valence-corrected chi connectivity index (χ3v) is 3.17. The summed E-state index contributed by atoms with van der Waals surface area (Å²) in [4.78, 5) is 0. The van der Waals surface area contributed by atoms with Gasteiger partial charge in [0.1, 0.15) is 12.4 Å². The van der Waals surface area contributed by atoms with Crippen LogP contribution in [0.4, 0.5) is 0 Å². The summed E-state index contributed by atoms with van der Waals surface area (Å²) >= 11 is 0. The highest BCUT2D eigenvalue weighted by Crippen LogP contribution is 2.15. The largest absolute Gasteiger partial charge is 0.489 e. The number of rotatable bonds is 6. The Morgan fingerprint density at radius 3 is 2.30 bits per heavy atom. The van der Waals surface area contributed by atoms with Gasteiger partial charge < -0.3 is 4.74 Å². The average molecular weight is 266 g/mol. The molecule has 0 unspecified atom stereocenters. The highest BCUT2D eigenvalue weighted by Gasteiger charge is 1.96. The van der Waals surface area contributed by atoms with Gasteiger partial charge in [0.05, 0.1) is 0 Å². The van der Waals surface area contributed by atoms with E-state index in [4.69, 9.17) is 4.74 Å². The molecule has 0 spiro atoms. The van der Waals surface area contributed by atoms with Crippen molar-refractivity contribution in [2.24, 2.45) is 0 Å². The van der Waals surface area contributed by atoms with E-state index >= 15 is 0 Å². The van der Waals surface area contributed by atoms with E-state index in [-0.39, 0.29) is 0 Å². The Labute approximate surface area is 121 Å². The van der Waals surface area contributed by atoms with Crippen LogP contribution in [0.5, 0.6) is 5.75 Å². The highest BCUT2D eigenvalue weighted by atomic mass is 16.5. The molecular weight excluding hydrogens is 244 g/mol. The molecule has 0 aliphatic heterocycles. The number of ether oxygens (including phenoxy) is 1. The minimum absolute atomic E-state index is 0.616. The predicted molar refractivity (Wildman–Crippen MR) is 85.9 cm³/mol. The van der Waals surface area contributed by atoms with E-state index in [1.807, 2.05) is 12.1 Å². The first-order valence-corrected chi connectivity index (χ1v) is 7.23. The molecule has 0 N–H and O–H groups in total. The molecule has 104 valence electrons. The number of aryl methyl sites for hydroxylation is 1. The first-order chi connectivity index (χ1) is 9.78. The maximum absolute atomic E-state index is 5.79. The van der Waals surface area contributed by atoms with Crippen LogP contribution >= 0.6 is 0 Å². The van der Waals surface area contributed by atoms with Crippen LogP contribution in [0.3, 0.4) is 0 Å². The topological polar surface area (TPSA) is 9.23 Å². The SMILES string of the molecule is CCCC=Cc1ccc(OCc2ccc(C)cc2)cc1. The summed E-state index contributed by atoms with van der Waals surface area (Å²) in [5.74, 6) is 0.915. The molecule has 0 heterocycles. The van der Waals surface area contributed by atoms with Crippen molar-refractivity contribution in [1.82, 2.24) is 0 Å². The summed E-state index contributed by atoms with van der Waals surface area (Å²) in [7, 11) is 0. The zero-order chi connectivity index (χ0) is 14.2. The van der Waals surface area contributed by atoms with E-state index in [1.165, 1.54) is 23.1 Å². The molecule has 2 rings (SSSR count). The lowest BCUT2D eigenvalue weighted by molar-refractivity contribution is 0.306. The second kappa shape index (κ2) is 7.54. The third-order valence-electron chi connectivity index (χ3n) is 3.17. The first-order valence-electron chi connectivity index (χ1n) is 7.23. The van der Waals surface area contributed by atoms with Gasteiger partial charge in [-0.3, -0.25) is 0 Å². The fourth-order valence-electron chi connectivity index (χ4n) is 1.91. The molecule has 0 saturated carbocycles. The molecule has 20 heavy (non-hydrogen) atoms. The molecule has 2 aromatic carbocycles. The van der Waals surface area contributed by atoms with Crippen LogP contribution in [0.25, 0.3) is 6.08 Å². The van der Waals surface area contributed by atoms with Crippen molar-refractivity contribution >= 4 is 6.08 Å². The Kier molecular flexibility index (Phi) is 5.43. The van der Waals surface area contributed by atoms with Gasteiger partial charge in [0, 0.05) is 0 Å². The zero-order valence-electron chi connectivity index (χ0n) is 12.3. The minimum atomic E-state index is 0.616. The van der Waals surface area contributed by atoms with Crippen molar-refractivity contribution in [2.75, 3.05) is 0 Å². The van der Waals surface area contributed by atoms with Crippen LogP contribution in [0, 0.1) is 6.92 Å². The Balaban J connectivity index is 1.89. The van der Waals surface area contributed by atoms with Gasteiger partial charge in [-0.05, 0) is 36.6 Å². The molecular formula is C19H22O. The Bertz CT molecular complexity index is 535. The zero-order valence-corrected chi connectivity index (χ0v) is 12.3. The van der Waals surface area contributed by atoms with Gasteiger partial charge in [-0.1, -0.05) is 67.5 Å². The summed E-state index contributed by atoms with van der Waals surface area (Å²) < 4.78 is 5.79. The van der Waals surface area contributed by atoms with E-state index < -0.39 is 0 Å². The second-order valence-electron chi connectivity index (χ2n) is 5.03. The van der Waals surface area contributed by atoms with Crippen molar-refractivity contribution in [3.8, 4) is 5.75 Å². The summed E-state index contributed by atoms with van der Waals surface area (Å²) in [6.07, 6.45) is 6.69. The normalized spacial score (nSPS) is 10.9. The van der Waals surface area contributed by atoms with E-state index in [0.717, 1.165) is 12.2 Å². The molecule has 2 aromatic rings. The van der Waals surface area contributed by atoms with E-state index in [1.54, 1.807) is 0 Å². The van der Waals surface area contributed by atoms with Crippen LogP contribution in [0.2, 0.25) is 0 Å². The van der Waals surface area contributed by atoms with E-state index in [9.17, 15) is 0 Å². The van der Waals surface area contributed by atoms with Crippen LogP contribution in [0.15, 0.2) is 54.6 Å². The fraction of sp³-hybridized carbons (Fsp3) is 0.263. The monoisotopic (exact) mass is 266 g/mol. The molecule has 0 atom stereocenters. The third kappa shape index (κ3) is 4.58. The van der Waals surface area contributed by atoms with Crippen LogP contribution in [-0.2, 0) is 6.61 Å². The number of hydrogen-bond donors (Lipinski definition) is 0. The van der Waals surface area contributed by atoms with Gasteiger partial charge in [0.15, 0.2) is 0 Å². The lowest BCUT2D eigenvalue weighted by Crippen LogP contribution is -1.95. The van der Waals surface area contributed by atoms with Gasteiger partial charge in [-0.2, -0.15) is 0 Å². The molecule has 0 fully saturated rings. The first kappa shape index (κ1) is 14.4. The average Bonchev–Trinajstić information content (AvgIpc) is 2.48. The van der Waals surface area contributed by atoms with Gasteiger partial charge in [-0.25, -0.2) is 0 Å². The van der Waals surface area contributed by atoms with Gasteiger partial charge >= 0.3 is 0 Å². The van der Waals surface area contributed by atoms with Gasteiger partial charge in [-0.15, -0.1) is 0 Å². The number of unbranched alkanes of at least 4 members (excludes halogenated alkanes) is 1. The molecule has 1 heteroatoms. The Morgan fingerprint density at radius 2 is 1.65 bits per heavy atom.